The predicted molar refractivity (Wildman–Crippen MR) is 63.8 cm³/mol. The van der Waals surface area contributed by atoms with E-state index in [1.165, 1.54) is 0 Å². The molecule has 0 spiro atoms. The Morgan fingerprint density at radius 2 is 2.20 bits per heavy atom. The molecular formula is C9H22Cl2N8O. The molecule has 0 radical (unpaired) electrons. The summed E-state index contributed by atoms with van der Waals surface area (Å²) in [5.41, 5.74) is 9.42. The number of nitrogens with one attached hydrogen (secondary N) is 2. The average Bonchev–Trinajstić information content (AvgIpc) is 2.80. The smallest absolute Gasteiger partial charge is 0.284 e. The molecule has 0 aliphatic heterocycles. The van der Waals surface area contributed by atoms with E-state index < -0.39 is 0 Å². The highest BCUT2D eigenvalue weighted by atomic mass is 35.5. The van der Waals surface area contributed by atoms with Crippen molar-refractivity contribution in [3.8, 4) is 0 Å². The number of halogens is 2. The first-order chi connectivity index (χ1) is 8.59. The zero-order valence-corrected chi connectivity index (χ0v) is 12.9. The van der Waals surface area contributed by atoms with Crippen LogP contribution in [0.5, 0.6) is 0 Å². The Morgan fingerprint density at radius 1 is 1.50 bits per heavy atom. The number of aromatic amines is 1. The number of carbonyl (C=O) groups is 1. The highest BCUT2D eigenvalue weighted by Crippen LogP contribution is 1.99. The van der Waals surface area contributed by atoms with Crippen molar-refractivity contribution in [2.75, 3.05) is 11.9 Å². The van der Waals surface area contributed by atoms with E-state index in [0.717, 1.165) is 25.8 Å². The van der Waals surface area contributed by atoms with E-state index in [0.29, 0.717) is 0 Å². The van der Waals surface area contributed by atoms with Gasteiger partial charge in [-0.2, -0.15) is 5.21 Å². The largest absolute Gasteiger partial charge is 1.00 e. The van der Waals surface area contributed by atoms with E-state index >= 15 is 0 Å². The lowest BCUT2D eigenvalue weighted by Gasteiger charge is -2.07. The first kappa shape index (κ1) is 21.3. The SMILES string of the molecule is CC(N)[NH2+]CCCC[C@H]([NH3+])C(=O)Nc1nn[nH]n1.[Cl-].[Cl-]. The second-order valence-electron chi connectivity index (χ2n) is 4.30. The van der Waals surface area contributed by atoms with E-state index in [9.17, 15) is 4.79 Å². The number of carbonyl (C=O) groups excluding carboxylic acids is 1. The summed E-state index contributed by atoms with van der Waals surface area (Å²) >= 11 is 0. The monoisotopic (exact) mass is 328 g/mol. The number of amides is 1. The Kier molecular flexibility index (Phi) is 12.6. The molecule has 0 bridgehead atoms. The Hall–Kier alpha value is -1.000. The highest BCUT2D eigenvalue weighted by Gasteiger charge is 2.18. The van der Waals surface area contributed by atoms with Crippen LogP contribution >= 0.6 is 0 Å². The van der Waals surface area contributed by atoms with Gasteiger partial charge >= 0.3 is 0 Å². The first-order valence-corrected chi connectivity index (χ1v) is 6.06. The summed E-state index contributed by atoms with van der Waals surface area (Å²) in [6, 6.07) is -0.307. The minimum absolute atomic E-state index is 0. The third-order valence-corrected chi connectivity index (χ3v) is 2.50. The average molecular weight is 329 g/mol. The third kappa shape index (κ3) is 8.99. The van der Waals surface area contributed by atoms with Crippen molar-refractivity contribution in [1.82, 2.24) is 20.6 Å². The van der Waals surface area contributed by atoms with Crippen molar-refractivity contribution in [1.29, 1.82) is 0 Å². The van der Waals surface area contributed by atoms with Gasteiger partial charge < -0.3 is 35.9 Å². The van der Waals surface area contributed by atoms with Crippen molar-refractivity contribution in [3.05, 3.63) is 0 Å². The maximum atomic E-state index is 11.7. The fraction of sp³-hybridized carbons (Fsp3) is 0.778. The number of anilines is 1. The lowest BCUT2D eigenvalue weighted by molar-refractivity contribution is -0.685. The van der Waals surface area contributed by atoms with Crippen LogP contribution in [0.2, 0.25) is 0 Å². The molecule has 1 aromatic rings. The standard InChI is InChI=1S/C9H20N8O.2ClH/c1-6(10)12-5-3-2-4-7(11)8(18)13-9-14-16-17-15-9;;/h6-7,12H,2-5,10-11H2,1H3,(H2,13,14,15,16,17,18);2*1H/t6?,7-;;/m0../s1. The molecule has 1 rings (SSSR count). The summed E-state index contributed by atoms with van der Waals surface area (Å²) in [4.78, 5) is 11.7. The van der Waals surface area contributed by atoms with Gasteiger partial charge in [0.2, 0.25) is 0 Å². The molecule has 2 atom stereocenters. The van der Waals surface area contributed by atoms with Crippen LogP contribution in [-0.2, 0) is 4.79 Å². The highest BCUT2D eigenvalue weighted by molar-refractivity contribution is 5.91. The minimum Gasteiger partial charge on any atom is -1.00 e. The molecule has 9 N–H and O–H groups in total. The van der Waals surface area contributed by atoms with Gasteiger partial charge in [0.05, 0.1) is 6.54 Å². The van der Waals surface area contributed by atoms with Crippen LogP contribution in [0.15, 0.2) is 0 Å². The van der Waals surface area contributed by atoms with Crippen molar-refractivity contribution in [3.63, 3.8) is 0 Å². The molecular weight excluding hydrogens is 307 g/mol. The normalized spacial score (nSPS) is 12.8. The molecule has 1 heterocycles. The molecule has 1 aromatic heterocycles. The first-order valence-electron chi connectivity index (χ1n) is 6.06. The maximum absolute atomic E-state index is 11.7. The number of nitrogens with two attached hydrogens (primary N) is 2. The summed E-state index contributed by atoms with van der Waals surface area (Å²) in [6.07, 6.45) is 2.82. The topological polar surface area (TPSA) is 154 Å². The number of rotatable bonds is 8. The second-order valence-corrected chi connectivity index (χ2v) is 4.30. The van der Waals surface area contributed by atoms with Gasteiger partial charge in [0, 0.05) is 13.3 Å². The number of H-pyrrole nitrogens is 1. The summed E-state index contributed by atoms with van der Waals surface area (Å²) in [5.74, 6) is -0.00786. The van der Waals surface area contributed by atoms with Crippen molar-refractivity contribution in [2.45, 2.75) is 38.4 Å². The van der Waals surface area contributed by atoms with Gasteiger partial charge in [-0.3, -0.25) is 15.8 Å². The molecule has 9 nitrogen and oxygen atoms in total. The van der Waals surface area contributed by atoms with Crippen LogP contribution in [0.25, 0.3) is 0 Å². The molecule has 0 saturated carbocycles. The van der Waals surface area contributed by atoms with Gasteiger partial charge in [-0.25, -0.2) is 0 Å². The predicted octanol–water partition coefficient (Wildman–Crippen LogP) is -9.20. The quantitative estimate of drug-likeness (QED) is 0.237. The Balaban J connectivity index is 0. The molecule has 0 aliphatic rings. The minimum atomic E-state index is -0.307. The van der Waals surface area contributed by atoms with Gasteiger partial charge in [-0.15, -0.1) is 5.10 Å². The fourth-order valence-corrected chi connectivity index (χ4v) is 1.47. The summed E-state index contributed by atoms with van der Waals surface area (Å²) < 4.78 is 0. The van der Waals surface area contributed by atoms with Crippen molar-refractivity contribution in [2.24, 2.45) is 5.73 Å². The van der Waals surface area contributed by atoms with Gasteiger partial charge in [-0.1, -0.05) is 5.10 Å². The molecule has 118 valence electrons. The van der Waals surface area contributed by atoms with Gasteiger partial charge in [0.1, 0.15) is 6.17 Å². The van der Waals surface area contributed by atoms with Gasteiger partial charge in [0.25, 0.3) is 11.9 Å². The number of hydrogen-bond donors (Lipinski definition) is 5. The van der Waals surface area contributed by atoms with Crippen LogP contribution in [-0.4, -0.2) is 45.3 Å². The van der Waals surface area contributed by atoms with Crippen LogP contribution < -0.4 is 46.9 Å². The lowest BCUT2D eigenvalue weighted by Crippen LogP contribution is -3.00. The number of quaternary nitrogens is 2. The molecule has 0 fully saturated rings. The number of tetrazole rings is 1. The van der Waals surface area contributed by atoms with E-state index in [-0.39, 0.29) is 48.9 Å². The molecule has 0 aromatic carbocycles. The van der Waals surface area contributed by atoms with Crippen LogP contribution in [0, 0.1) is 0 Å². The fourth-order valence-electron chi connectivity index (χ4n) is 1.47. The zero-order valence-electron chi connectivity index (χ0n) is 11.4. The molecule has 20 heavy (non-hydrogen) atoms. The Labute approximate surface area is 129 Å². The Bertz CT molecular complexity index is 348. The molecule has 0 aliphatic carbocycles. The van der Waals surface area contributed by atoms with Crippen LogP contribution in [0.3, 0.4) is 0 Å². The van der Waals surface area contributed by atoms with Gasteiger partial charge in [0.15, 0.2) is 6.04 Å². The third-order valence-electron chi connectivity index (χ3n) is 2.50. The molecule has 11 heteroatoms. The summed E-state index contributed by atoms with van der Waals surface area (Å²) in [6.45, 7) is 2.92. The van der Waals surface area contributed by atoms with E-state index in [2.05, 4.69) is 37.0 Å². The Morgan fingerprint density at radius 3 is 2.75 bits per heavy atom. The number of unbranched alkanes of at least 4 members (excludes halogenated alkanes) is 1. The van der Waals surface area contributed by atoms with E-state index in [4.69, 9.17) is 5.73 Å². The second kappa shape index (κ2) is 11.8. The van der Waals surface area contributed by atoms with E-state index in [1.807, 2.05) is 6.92 Å². The van der Waals surface area contributed by atoms with Crippen LogP contribution in [0.4, 0.5) is 5.95 Å². The van der Waals surface area contributed by atoms with Gasteiger partial charge in [-0.05, 0) is 18.1 Å². The van der Waals surface area contributed by atoms with Crippen LogP contribution in [0.1, 0.15) is 26.2 Å². The maximum Gasteiger partial charge on any atom is 0.284 e. The van der Waals surface area contributed by atoms with E-state index in [1.54, 1.807) is 0 Å². The van der Waals surface area contributed by atoms with Crippen molar-refractivity contribution < 1.29 is 40.7 Å². The lowest BCUT2D eigenvalue weighted by atomic mass is 10.1. The zero-order chi connectivity index (χ0) is 13.4. The molecule has 1 amide bonds. The number of hydrogen-bond acceptors (Lipinski definition) is 5. The van der Waals surface area contributed by atoms with Crippen molar-refractivity contribution >= 4 is 11.9 Å². The number of aromatic nitrogens is 4. The summed E-state index contributed by atoms with van der Waals surface area (Å²) in [5, 5.41) is 17.5. The molecule has 1 unspecified atom stereocenters. The number of nitrogens with zero attached hydrogens (tertiary/aromatic N) is 3. The summed E-state index contributed by atoms with van der Waals surface area (Å²) in [7, 11) is 0. The molecule has 0 saturated heterocycles.